The molecular formula is C12H17NO3S. The number of rotatable bonds is 3. The van der Waals surface area contributed by atoms with E-state index < -0.39 is 10.0 Å². The van der Waals surface area contributed by atoms with Gasteiger partial charge in [0.05, 0.1) is 12.9 Å². The Bertz CT molecular complexity index is 484. The fraction of sp³-hybridized carbons (Fsp3) is 0.500. The molecule has 0 bridgehead atoms. The SMILES string of the molecule is COc1cccc(CN2CCCCS2(=O)=O)c1. The molecule has 1 saturated heterocycles. The zero-order chi connectivity index (χ0) is 12.3. The number of benzene rings is 1. The number of methoxy groups -OCH3 is 1. The quantitative estimate of drug-likeness (QED) is 0.824. The first kappa shape index (κ1) is 12.4. The summed E-state index contributed by atoms with van der Waals surface area (Å²) in [5, 5.41) is 0. The highest BCUT2D eigenvalue weighted by molar-refractivity contribution is 7.89. The molecular weight excluding hydrogens is 238 g/mol. The summed E-state index contributed by atoms with van der Waals surface area (Å²) in [7, 11) is -1.44. The minimum atomic E-state index is -3.05. The second kappa shape index (κ2) is 5.06. The van der Waals surface area contributed by atoms with Crippen molar-refractivity contribution in [2.75, 3.05) is 19.4 Å². The van der Waals surface area contributed by atoms with E-state index in [0.29, 0.717) is 13.1 Å². The van der Waals surface area contributed by atoms with Gasteiger partial charge in [0, 0.05) is 13.1 Å². The second-order valence-corrected chi connectivity index (χ2v) is 6.30. The van der Waals surface area contributed by atoms with E-state index in [1.165, 1.54) is 0 Å². The van der Waals surface area contributed by atoms with Crippen molar-refractivity contribution in [3.63, 3.8) is 0 Å². The summed E-state index contributed by atoms with van der Waals surface area (Å²) in [6.45, 7) is 1.07. The first-order valence-electron chi connectivity index (χ1n) is 5.72. The Morgan fingerprint density at radius 3 is 2.88 bits per heavy atom. The lowest BCUT2D eigenvalue weighted by molar-refractivity contribution is 0.376. The van der Waals surface area contributed by atoms with Gasteiger partial charge in [-0.3, -0.25) is 0 Å². The summed E-state index contributed by atoms with van der Waals surface area (Å²) in [5.41, 5.74) is 0.967. The topological polar surface area (TPSA) is 46.6 Å². The van der Waals surface area contributed by atoms with Crippen molar-refractivity contribution in [2.24, 2.45) is 0 Å². The van der Waals surface area contributed by atoms with Crippen LogP contribution in [0.2, 0.25) is 0 Å². The van der Waals surface area contributed by atoms with E-state index in [0.717, 1.165) is 24.2 Å². The molecule has 0 aliphatic carbocycles. The van der Waals surface area contributed by atoms with Crippen molar-refractivity contribution >= 4 is 10.0 Å². The van der Waals surface area contributed by atoms with Crippen LogP contribution in [0.25, 0.3) is 0 Å². The van der Waals surface area contributed by atoms with Crippen LogP contribution in [0.4, 0.5) is 0 Å². The van der Waals surface area contributed by atoms with Gasteiger partial charge in [-0.15, -0.1) is 0 Å². The molecule has 1 aromatic rings. The molecule has 1 aliphatic heterocycles. The Morgan fingerprint density at radius 2 is 2.18 bits per heavy atom. The average Bonchev–Trinajstić information content (AvgIpc) is 2.32. The van der Waals surface area contributed by atoms with Crippen LogP contribution in [0, 0.1) is 0 Å². The van der Waals surface area contributed by atoms with Crippen LogP contribution in [0.3, 0.4) is 0 Å². The van der Waals surface area contributed by atoms with Gasteiger partial charge in [0.2, 0.25) is 10.0 Å². The van der Waals surface area contributed by atoms with Gasteiger partial charge < -0.3 is 4.74 Å². The first-order valence-corrected chi connectivity index (χ1v) is 7.33. The summed E-state index contributed by atoms with van der Waals surface area (Å²) in [5.74, 6) is 1.04. The zero-order valence-corrected chi connectivity index (χ0v) is 10.7. The molecule has 0 unspecified atom stereocenters. The van der Waals surface area contributed by atoms with E-state index in [2.05, 4.69) is 0 Å². The Balaban J connectivity index is 2.14. The largest absolute Gasteiger partial charge is 0.497 e. The van der Waals surface area contributed by atoms with Gasteiger partial charge in [0.1, 0.15) is 5.75 Å². The highest BCUT2D eigenvalue weighted by atomic mass is 32.2. The monoisotopic (exact) mass is 255 g/mol. The molecule has 0 atom stereocenters. The Morgan fingerprint density at radius 1 is 1.35 bits per heavy atom. The summed E-state index contributed by atoms with van der Waals surface area (Å²) in [6, 6.07) is 7.54. The molecule has 0 aromatic heterocycles. The molecule has 94 valence electrons. The van der Waals surface area contributed by atoms with Crippen molar-refractivity contribution in [1.29, 1.82) is 0 Å². The van der Waals surface area contributed by atoms with Crippen LogP contribution in [-0.4, -0.2) is 32.1 Å². The molecule has 1 heterocycles. The first-order chi connectivity index (χ1) is 8.12. The highest BCUT2D eigenvalue weighted by Gasteiger charge is 2.25. The van der Waals surface area contributed by atoms with Gasteiger partial charge in [-0.25, -0.2) is 8.42 Å². The maximum atomic E-state index is 11.8. The minimum Gasteiger partial charge on any atom is -0.497 e. The van der Waals surface area contributed by atoms with Crippen molar-refractivity contribution < 1.29 is 13.2 Å². The second-order valence-electron chi connectivity index (χ2n) is 4.21. The lowest BCUT2D eigenvalue weighted by Gasteiger charge is -2.26. The van der Waals surface area contributed by atoms with E-state index >= 15 is 0 Å². The fourth-order valence-electron chi connectivity index (χ4n) is 1.99. The van der Waals surface area contributed by atoms with E-state index in [-0.39, 0.29) is 5.75 Å². The van der Waals surface area contributed by atoms with Crippen molar-refractivity contribution in [3.05, 3.63) is 29.8 Å². The van der Waals surface area contributed by atoms with Gasteiger partial charge >= 0.3 is 0 Å². The molecule has 5 heteroatoms. The Hall–Kier alpha value is -1.07. The number of hydrogen-bond acceptors (Lipinski definition) is 3. The van der Waals surface area contributed by atoms with E-state index in [1.807, 2.05) is 24.3 Å². The van der Waals surface area contributed by atoms with E-state index in [9.17, 15) is 8.42 Å². The lowest BCUT2D eigenvalue weighted by atomic mass is 10.2. The highest BCUT2D eigenvalue weighted by Crippen LogP contribution is 2.19. The number of ether oxygens (including phenoxy) is 1. The molecule has 0 amide bonds. The van der Waals surface area contributed by atoms with Crippen molar-refractivity contribution in [2.45, 2.75) is 19.4 Å². The van der Waals surface area contributed by atoms with Gasteiger partial charge in [-0.05, 0) is 30.5 Å². The fourth-order valence-corrected chi connectivity index (χ4v) is 3.57. The number of hydrogen-bond donors (Lipinski definition) is 0. The maximum absolute atomic E-state index is 11.8. The van der Waals surface area contributed by atoms with Crippen LogP contribution < -0.4 is 4.74 Å². The van der Waals surface area contributed by atoms with Crippen molar-refractivity contribution in [1.82, 2.24) is 4.31 Å². The van der Waals surface area contributed by atoms with Gasteiger partial charge in [-0.2, -0.15) is 4.31 Å². The predicted octanol–water partition coefficient (Wildman–Crippen LogP) is 1.62. The molecule has 0 spiro atoms. The van der Waals surface area contributed by atoms with Crippen molar-refractivity contribution in [3.8, 4) is 5.75 Å². The normalized spacial score (nSPS) is 20.1. The molecule has 4 nitrogen and oxygen atoms in total. The summed E-state index contributed by atoms with van der Waals surface area (Å²) < 4.78 is 30.4. The molecule has 17 heavy (non-hydrogen) atoms. The van der Waals surface area contributed by atoms with Gasteiger partial charge in [-0.1, -0.05) is 12.1 Å². The lowest BCUT2D eigenvalue weighted by Crippen LogP contribution is -2.37. The average molecular weight is 255 g/mol. The van der Waals surface area contributed by atoms with E-state index in [4.69, 9.17) is 4.74 Å². The molecule has 2 rings (SSSR count). The molecule has 1 aliphatic rings. The maximum Gasteiger partial charge on any atom is 0.214 e. The zero-order valence-electron chi connectivity index (χ0n) is 9.93. The van der Waals surface area contributed by atoms with E-state index in [1.54, 1.807) is 11.4 Å². The number of nitrogens with zero attached hydrogens (tertiary/aromatic N) is 1. The predicted molar refractivity (Wildman–Crippen MR) is 66.4 cm³/mol. The number of sulfonamides is 1. The standard InChI is InChI=1S/C12H17NO3S/c1-16-12-6-4-5-11(9-12)10-13-7-2-3-8-17(13,14)15/h4-6,9H,2-3,7-8,10H2,1H3. The Labute approximate surface area is 102 Å². The third kappa shape index (κ3) is 2.98. The van der Waals surface area contributed by atoms with Crippen LogP contribution in [0.15, 0.2) is 24.3 Å². The van der Waals surface area contributed by atoms with Crippen LogP contribution in [0.1, 0.15) is 18.4 Å². The smallest absolute Gasteiger partial charge is 0.214 e. The molecule has 0 saturated carbocycles. The minimum absolute atomic E-state index is 0.275. The molecule has 0 N–H and O–H groups in total. The van der Waals surface area contributed by atoms with Crippen LogP contribution >= 0.6 is 0 Å². The van der Waals surface area contributed by atoms with Crippen LogP contribution in [-0.2, 0) is 16.6 Å². The molecule has 1 aromatic carbocycles. The molecule has 1 fully saturated rings. The third-order valence-electron chi connectivity index (χ3n) is 2.95. The van der Waals surface area contributed by atoms with Crippen LogP contribution in [0.5, 0.6) is 5.75 Å². The summed E-state index contributed by atoms with van der Waals surface area (Å²) >= 11 is 0. The Kier molecular flexibility index (Phi) is 3.69. The van der Waals surface area contributed by atoms with Gasteiger partial charge in [0.15, 0.2) is 0 Å². The molecule has 0 radical (unpaired) electrons. The summed E-state index contributed by atoms with van der Waals surface area (Å²) in [4.78, 5) is 0. The van der Waals surface area contributed by atoms with Gasteiger partial charge in [0.25, 0.3) is 0 Å². The summed E-state index contributed by atoms with van der Waals surface area (Å²) in [6.07, 6.45) is 1.72. The third-order valence-corrected chi connectivity index (χ3v) is 4.85.